The number of hydrogen-bond donors (Lipinski definition) is 1. The number of hydrogen-bond acceptors (Lipinski definition) is 4. The number of thiazole rings is 1. The van der Waals surface area contributed by atoms with Gasteiger partial charge in [-0.2, -0.15) is 0 Å². The molecule has 76 valence electrons. The number of aromatic nitrogens is 1. The van der Waals surface area contributed by atoms with Crippen molar-refractivity contribution in [3.63, 3.8) is 0 Å². The fraction of sp³-hybridized carbons (Fsp3) is 0.600. The summed E-state index contributed by atoms with van der Waals surface area (Å²) in [5.41, 5.74) is 7.14. The number of nitrogens with zero attached hydrogens (tertiary/aromatic N) is 1. The number of carbonyl (C=O) groups excluding carboxylic acids is 1. The van der Waals surface area contributed by atoms with Crippen LogP contribution in [0, 0.1) is 5.92 Å². The molecule has 1 saturated carbocycles. The topological polar surface area (TPSA) is 56.0 Å². The van der Waals surface area contributed by atoms with E-state index in [4.69, 9.17) is 5.73 Å². The van der Waals surface area contributed by atoms with E-state index in [-0.39, 0.29) is 5.78 Å². The molecule has 1 aliphatic carbocycles. The van der Waals surface area contributed by atoms with Crippen LogP contribution in [0.25, 0.3) is 0 Å². The van der Waals surface area contributed by atoms with E-state index in [9.17, 15) is 4.79 Å². The Morgan fingerprint density at radius 3 is 3.00 bits per heavy atom. The minimum atomic E-state index is -0.621. The van der Waals surface area contributed by atoms with Gasteiger partial charge in [0, 0.05) is 17.5 Å². The molecule has 0 saturated heterocycles. The Morgan fingerprint density at radius 1 is 1.79 bits per heavy atom. The van der Waals surface area contributed by atoms with Crippen molar-refractivity contribution in [3.8, 4) is 0 Å². The number of nitrogens with two attached hydrogens (primary N) is 1. The zero-order chi connectivity index (χ0) is 10.2. The lowest BCUT2D eigenvalue weighted by Gasteiger charge is -2.22. The van der Waals surface area contributed by atoms with E-state index in [2.05, 4.69) is 4.98 Å². The van der Waals surface area contributed by atoms with E-state index < -0.39 is 5.54 Å². The fourth-order valence-electron chi connectivity index (χ4n) is 1.59. The number of carbonyl (C=O) groups is 1. The lowest BCUT2D eigenvalue weighted by Crippen LogP contribution is -2.47. The van der Waals surface area contributed by atoms with Gasteiger partial charge in [-0.1, -0.05) is 0 Å². The van der Waals surface area contributed by atoms with E-state index in [1.165, 1.54) is 11.3 Å². The Hall–Kier alpha value is -0.740. The first-order valence-corrected chi connectivity index (χ1v) is 5.68. The molecule has 0 aromatic carbocycles. The van der Waals surface area contributed by atoms with Crippen LogP contribution in [0.3, 0.4) is 0 Å². The first-order valence-electron chi connectivity index (χ1n) is 4.80. The van der Waals surface area contributed by atoms with Crippen molar-refractivity contribution >= 4 is 17.1 Å². The molecule has 2 N–H and O–H groups in total. The molecule has 3 nitrogen and oxygen atoms in total. The summed E-state index contributed by atoms with van der Waals surface area (Å²) in [5, 5.41) is 0. The van der Waals surface area contributed by atoms with Gasteiger partial charge < -0.3 is 5.73 Å². The normalized spacial score (nSPS) is 20.4. The summed E-state index contributed by atoms with van der Waals surface area (Å²) in [5.74, 6) is 0.548. The van der Waals surface area contributed by atoms with Crippen LogP contribution in [0.5, 0.6) is 0 Å². The first-order chi connectivity index (χ1) is 6.60. The average Bonchev–Trinajstić information content (AvgIpc) is 2.88. The molecule has 0 bridgehead atoms. The minimum Gasteiger partial charge on any atom is -0.319 e. The maximum absolute atomic E-state index is 11.9. The summed E-state index contributed by atoms with van der Waals surface area (Å²) in [7, 11) is 0. The van der Waals surface area contributed by atoms with Gasteiger partial charge in [-0.25, -0.2) is 0 Å². The van der Waals surface area contributed by atoms with Crippen molar-refractivity contribution in [1.29, 1.82) is 0 Å². The zero-order valence-corrected chi connectivity index (χ0v) is 9.01. The average molecular weight is 210 g/mol. The van der Waals surface area contributed by atoms with E-state index in [0.717, 1.165) is 17.7 Å². The van der Waals surface area contributed by atoms with Crippen molar-refractivity contribution in [2.75, 3.05) is 0 Å². The van der Waals surface area contributed by atoms with Crippen molar-refractivity contribution in [3.05, 3.63) is 16.6 Å². The van der Waals surface area contributed by atoms with Crippen LogP contribution in [0.15, 0.2) is 11.7 Å². The molecule has 1 aliphatic rings. The van der Waals surface area contributed by atoms with Crippen LogP contribution in [0.2, 0.25) is 0 Å². The molecule has 1 aromatic heterocycles. The summed E-state index contributed by atoms with van der Waals surface area (Å²) in [6.07, 6.45) is 4.38. The van der Waals surface area contributed by atoms with Crippen molar-refractivity contribution in [1.82, 2.24) is 4.98 Å². The van der Waals surface area contributed by atoms with Crippen molar-refractivity contribution < 1.29 is 4.79 Å². The predicted octanol–water partition coefficient (Wildman–Crippen LogP) is 1.38. The van der Waals surface area contributed by atoms with E-state index in [1.54, 1.807) is 11.7 Å². The van der Waals surface area contributed by atoms with Gasteiger partial charge in [-0.3, -0.25) is 9.78 Å². The third-order valence-electron chi connectivity index (χ3n) is 2.84. The maximum Gasteiger partial charge on any atom is 0.157 e. The van der Waals surface area contributed by atoms with Gasteiger partial charge in [0.15, 0.2) is 5.78 Å². The monoisotopic (exact) mass is 210 g/mol. The SMILES string of the molecule is CC(N)(C(=O)Cc1cncs1)C1CC1. The van der Waals surface area contributed by atoms with Crippen LogP contribution < -0.4 is 5.73 Å². The molecule has 1 aromatic rings. The lowest BCUT2D eigenvalue weighted by molar-refractivity contribution is -0.123. The number of rotatable bonds is 4. The van der Waals surface area contributed by atoms with Crippen LogP contribution >= 0.6 is 11.3 Å². The Bertz CT molecular complexity index is 328. The van der Waals surface area contributed by atoms with Gasteiger partial charge in [-0.15, -0.1) is 11.3 Å². The van der Waals surface area contributed by atoms with E-state index >= 15 is 0 Å². The predicted molar refractivity (Wildman–Crippen MR) is 56.1 cm³/mol. The third-order valence-corrected chi connectivity index (χ3v) is 3.62. The molecule has 0 aliphatic heterocycles. The largest absolute Gasteiger partial charge is 0.319 e. The second-order valence-electron chi connectivity index (χ2n) is 4.12. The maximum atomic E-state index is 11.9. The summed E-state index contributed by atoms with van der Waals surface area (Å²) in [4.78, 5) is 16.8. The molecular weight excluding hydrogens is 196 g/mol. The molecule has 0 radical (unpaired) electrons. The van der Waals surface area contributed by atoms with Gasteiger partial charge in [0.2, 0.25) is 0 Å². The minimum absolute atomic E-state index is 0.143. The second kappa shape index (κ2) is 3.44. The molecule has 1 fully saturated rings. The first kappa shape index (κ1) is 9.80. The van der Waals surface area contributed by atoms with Crippen molar-refractivity contribution in [2.45, 2.75) is 31.7 Å². The standard InChI is InChI=1S/C10H14N2OS/c1-10(11,7-2-3-7)9(13)4-8-5-12-6-14-8/h5-7H,2-4,11H2,1H3. The molecule has 2 rings (SSSR count). The smallest absolute Gasteiger partial charge is 0.157 e. The Kier molecular flexibility index (Phi) is 2.41. The van der Waals surface area contributed by atoms with Crippen LogP contribution in [0.1, 0.15) is 24.6 Å². The Morgan fingerprint density at radius 2 is 2.50 bits per heavy atom. The quantitative estimate of drug-likeness (QED) is 0.817. The van der Waals surface area contributed by atoms with Gasteiger partial charge in [0.05, 0.1) is 11.0 Å². The molecule has 1 heterocycles. The lowest BCUT2D eigenvalue weighted by atomic mass is 9.90. The van der Waals surface area contributed by atoms with Crippen LogP contribution in [0.4, 0.5) is 0 Å². The Labute approximate surface area is 87.3 Å². The van der Waals surface area contributed by atoms with Crippen LogP contribution in [-0.2, 0) is 11.2 Å². The third kappa shape index (κ3) is 1.86. The zero-order valence-electron chi connectivity index (χ0n) is 8.19. The van der Waals surface area contributed by atoms with E-state index in [1.807, 2.05) is 6.92 Å². The molecule has 4 heteroatoms. The van der Waals surface area contributed by atoms with E-state index in [0.29, 0.717) is 12.3 Å². The molecule has 1 atom stereocenters. The second-order valence-corrected chi connectivity index (χ2v) is 5.10. The highest BCUT2D eigenvalue weighted by atomic mass is 32.1. The van der Waals surface area contributed by atoms with Gasteiger partial charge in [0.25, 0.3) is 0 Å². The summed E-state index contributed by atoms with van der Waals surface area (Å²) in [6, 6.07) is 0. The Balaban J connectivity index is 2.01. The van der Waals surface area contributed by atoms with Crippen molar-refractivity contribution in [2.24, 2.45) is 11.7 Å². The van der Waals surface area contributed by atoms with Gasteiger partial charge >= 0.3 is 0 Å². The molecule has 0 spiro atoms. The van der Waals surface area contributed by atoms with Crippen LogP contribution in [-0.4, -0.2) is 16.3 Å². The number of Topliss-reactive ketones (excluding diaryl/α,β-unsaturated/α-hetero) is 1. The van der Waals surface area contributed by atoms with Gasteiger partial charge in [-0.05, 0) is 25.7 Å². The molecular formula is C10H14N2OS. The molecule has 14 heavy (non-hydrogen) atoms. The molecule has 1 unspecified atom stereocenters. The highest BCUT2D eigenvalue weighted by Gasteiger charge is 2.43. The highest BCUT2D eigenvalue weighted by molar-refractivity contribution is 7.09. The number of ketones is 1. The highest BCUT2D eigenvalue weighted by Crippen LogP contribution is 2.39. The summed E-state index contributed by atoms with van der Waals surface area (Å²) >= 11 is 1.51. The summed E-state index contributed by atoms with van der Waals surface area (Å²) in [6.45, 7) is 1.86. The summed E-state index contributed by atoms with van der Waals surface area (Å²) < 4.78 is 0. The molecule has 0 amide bonds. The van der Waals surface area contributed by atoms with Gasteiger partial charge in [0.1, 0.15) is 0 Å². The fourth-order valence-corrected chi connectivity index (χ4v) is 2.18.